The summed E-state index contributed by atoms with van der Waals surface area (Å²) < 4.78 is 0. The Kier molecular flexibility index (Phi) is 4.77. The molecule has 0 bridgehead atoms. The Balaban J connectivity index is 2.54. The summed E-state index contributed by atoms with van der Waals surface area (Å²) in [5.74, 6) is -0.00713. The lowest BCUT2D eigenvalue weighted by molar-refractivity contribution is 0.369. The molecule has 0 saturated heterocycles. The normalized spacial score (nSPS) is 13.9. The van der Waals surface area contributed by atoms with Crippen LogP contribution in [0.1, 0.15) is 37.8 Å². The maximum absolute atomic E-state index is 9.81. The smallest absolute Gasteiger partial charge is 0.115 e. The van der Waals surface area contributed by atoms with Crippen molar-refractivity contribution >= 4 is 0 Å². The first-order chi connectivity index (χ1) is 10.1. The highest BCUT2D eigenvalue weighted by atomic mass is 15.0. The molecule has 0 aliphatic heterocycles. The van der Waals surface area contributed by atoms with Crippen LogP contribution in [0.2, 0.25) is 0 Å². The Labute approximate surface area is 127 Å². The van der Waals surface area contributed by atoms with Gasteiger partial charge in [0.15, 0.2) is 0 Å². The van der Waals surface area contributed by atoms with Crippen molar-refractivity contribution in [2.24, 2.45) is 0 Å². The van der Waals surface area contributed by atoms with Gasteiger partial charge >= 0.3 is 0 Å². The first kappa shape index (κ1) is 15.3. The van der Waals surface area contributed by atoms with Gasteiger partial charge in [0.2, 0.25) is 0 Å². The van der Waals surface area contributed by atoms with E-state index in [4.69, 9.17) is 0 Å². The number of benzene rings is 2. The molecule has 2 aromatic rings. The SMILES string of the molecule is CC(C)NC(C)(C#N)C(c1ccccc1)c1ccccc1. The van der Waals surface area contributed by atoms with E-state index in [9.17, 15) is 5.26 Å². The van der Waals surface area contributed by atoms with Gasteiger partial charge in [0.1, 0.15) is 5.54 Å². The van der Waals surface area contributed by atoms with E-state index in [2.05, 4.69) is 49.5 Å². The van der Waals surface area contributed by atoms with Crippen LogP contribution in [-0.4, -0.2) is 11.6 Å². The number of rotatable bonds is 5. The zero-order valence-corrected chi connectivity index (χ0v) is 12.9. The van der Waals surface area contributed by atoms with Crippen molar-refractivity contribution in [3.05, 3.63) is 71.8 Å². The van der Waals surface area contributed by atoms with Crippen LogP contribution < -0.4 is 5.32 Å². The quantitative estimate of drug-likeness (QED) is 0.893. The number of hydrogen-bond donors (Lipinski definition) is 1. The summed E-state index contributed by atoms with van der Waals surface area (Å²) in [7, 11) is 0. The number of nitrogens with zero attached hydrogens (tertiary/aromatic N) is 1. The maximum Gasteiger partial charge on any atom is 0.115 e. The first-order valence-corrected chi connectivity index (χ1v) is 7.35. The highest BCUT2D eigenvalue weighted by molar-refractivity contribution is 5.39. The highest BCUT2D eigenvalue weighted by Gasteiger charge is 2.36. The second-order valence-corrected chi connectivity index (χ2v) is 5.87. The van der Waals surface area contributed by atoms with E-state index in [0.717, 1.165) is 11.1 Å². The largest absolute Gasteiger partial charge is 0.297 e. The fraction of sp³-hybridized carbons (Fsp3) is 0.316. The van der Waals surface area contributed by atoms with E-state index in [1.165, 1.54) is 0 Å². The molecule has 0 radical (unpaired) electrons. The molecule has 0 saturated carbocycles. The minimum absolute atomic E-state index is 0.00713. The van der Waals surface area contributed by atoms with Gasteiger partial charge in [-0.05, 0) is 31.9 Å². The van der Waals surface area contributed by atoms with Crippen LogP contribution in [0.25, 0.3) is 0 Å². The number of hydrogen-bond acceptors (Lipinski definition) is 2. The zero-order chi connectivity index (χ0) is 15.3. The fourth-order valence-corrected chi connectivity index (χ4v) is 2.93. The Hall–Kier alpha value is -2.11. The Morgan fingerprint density at radius 2 is 1.33 bits per heavy atom. The van der Waals surface area contributed by atoms with Crippen LogP contribution >= 0.6 is 0 Å². The number of nitrogens with one attached hydrogen (secondary N) is 1. The molecule has 1 N–H and O–H groups in total. The van der Waals surface area contributed by atoms with Gasteiger partial charge in [0.25, 0.3) is 0 Å². The van der Waals surface area contributed by atoms with Gasteiger partial charge in [-0.3, -0.25) is 5.32 Å². The molecule has 21 heavy (non-hydrogen) atoms. The summed E-state index contributed by atoms with van der Waals surface area (Å²) >= 11 is 0. The van der Waals surface area contributed by atoms with Crippen molar-refractivity contribution < 1.29 is 0 Å². The van der Waals surface area contributed by atoms with Gasteiger partial charge in [-0.2, -0.15) is 5.26 Å². The molecule has 108 valence electrons. The molecule has 2 nitrogen and oxygen atoms in total. The molecule has 0 fully saturated rings. The third-order valence-electron chi connectivity index (χ3n) is 3.66. The lowest BCUT2D eigenvalue weighted by Crippen LogP contribution is -2.49. The van der Waals surface area contributed by atoms with Crippen molar-refractivity contribution in [1.29, 1.82) is 5.26 Å². The van der Waals surface area contributed by atoms with Crippen molar-refractivity contribution in [1.82, 2.24) is 5.32 Å². The lowest BCUT2D eigenvalue weighted by Gasteiger charge is -2.35. The van der Waals surface area contributed by atoms with Gasteiger partial charge in [0.05, 0.1) is 6.07 Å². The van der Waals surface area contributed by atoms with Gasteiger partial charge in [-0.25, -0.2) is 0 Å². The topological polar surface area (TPSA) is 35.8 Å². The molecule has 0 aliphatic rings. The van der Waals surface area contributed by atoms with E-state index in [-0.39, 0.29) is 12.0 Å². The standard InChI is InChI=1S/C19H22N2/c1-15(2)21-19(3,14-20)18(16-10-6-4-7-11-16)17-12-8-5-9-13-17/h4-13,15,18,21H,1-3H3. The van der Waals surface area contributed by atoms with Crippen molar-refractivity contribution in [3.63, 3.8) is 0 Å². The highest BCUT2D eigenvalue weighted by Crippen LogP contribution is 2.34. The fourth-order valence-electron chi connectivity index (χ4n) is 2.93. The number of nitriles is 1. The summed E-state index contributed by atoms with van der Waals surface area (Å²) in [6, 6.07) is 23.2. The lowest BCUT2D eigenvalue weighted by atomic mass is 9.76. The van der Waals surface area contributed by atoms with E-state index in [1.807, 2.05) is 43.3 Å². The van der Waals surface area contributed by atoms with Crippen LogP contribution in [0.4, 0.5) is 0 Å². The maximum atomic E-state index is 9.81. The molecule has 2 aromatic carbocycles. The molecule has 0 amide bonds. The zero-order valence-electron chi connectivity index (χ0n) is 12.9. The second-order valence-electron chi connectivity index (χ2n) is 5.87. The summed E-state index contributed by atoms with van der Waals surface area (Å²) in [6.45, 7) is 6.13. The molecule has 0 aliphatic carbocycles. The van der Waals surface area contributed by atoms with Crippen LogP contribution in [0.5, 0.6) is 0 Å². The molecule has 0 spiro atoms. The monoisotopic (exact) mass is 278 g/mol. The third kappa shape index (κ3) is 3.51. The Morgan fingerprint density at radius 1 is 0.905 bits per heavy atom. The van der Waals surface area contributed by atoms with Gasteiger partial charge < -0.3 is 0 Å². The van der Waals surface area contributed by atoms with E-state index in [1.54, 1.807) is 0 Å². The van der Waals surface area contributed by atoms with E-state index >= 15 is 0 Å². The van der Waals surface area contributed by atoms with E-state index < -0.39 is 5.54 Å². The first-order valence-electron chi connectivity index (χ1n) is 7.35. The molecule has 2 heteroatoms. The second kappa shape index (κ2) is 6.56. The van der Waals surface area contributed by atoms with Crippen molar-refractivity contribution in [3.8, 4) is 6.07 Å². The summed E-state index contributed by atoms with van der Waals surface area (Å²) in [5.41, 5.74) is 1.65. The minimum Gasteiger partial charge on any atom is -0.297 e. The van der Waals surface area contributed by atoms with Gasteiger partial charge in [-0.1, -0.05) is 60.7 Å². The van der Waals surface area contributed by atoms with Crippen LogP contribution in [0.3, 0.4) is 0 Å². The van der Waals surface area contributed by atoms with Gasteiger partial charge in [0, 0.05) is 12.0 Å². The summed E-state index contributed by atoms with van der Waals surface area (Å²) in [5, 5.41) is 13.3. The van der Waals surface area contributed by atoms with Crippen LogP contribution in [-0.2, 0) is 0 Å². The molecular weight excluding hydrogens is 256 g/mol. The summed E-state index contributed by atoms with van der Waals surface area (Å²) in [4.78, 5) is 0. The Morgan fingerprint density at radius 3 is 1.67 bits per heavy atom. The van der Waals surface area contributed by atoms with Crippen molar-refractivity contribution in [2.75, 3.05) is 0 Å². The molecular formula is C19H22N2. The van der Waals surface area contributed by atoms with E-state index in [0.29, 0.717) is 0 Å². The van der Waals surface area contributed by atoms with Crippen LogP contribution in [0.15, 0.2) is 60.7 Å². The molecule has 1 atom stereocenters. The molecule has 1 unspecified atom stereocenters. The molecule has 2 rings (SSSR count). The third-order valence-corrected chi connectivity index (χ3v) is 3.66. The summed E-state index contributed by atoms with van der Waals surface area (Å²) in [6.07, 6.45) is 0. The molecule has 0 aromatic heterocycles. The predicted molar refractivity (Wildman–Crippen MR) is 87.0 cm³/mol. The Bertz CT molecular complexity index is 559. The van der Waals surface area contributed by atoms with Crippen LogP contribution in [0, 0.1) is 11.3 Å². The van der Waals surface area contributed by atoms with Crippen molar-refractivity contribution in [2.45, 2.75) is 38.3 Å². The average molecular weight is 278 g/mol. The average Bonchev–Trinajstić information content (AvgIpc) is 2.49. The minimum atomic E-state index is -0.656. The predicted octanol–water partition coefficient (Wildman–Crippen LogP) is 4.10. The van der Waals surface area contributed by atoms with Gasteiger partial charge in [-0.15, -0.1) is 0 Å². The molecule has 0 heterocycles.